The Balaban J connectivity index is 1.66. The van der Waals surface area contributed by atoms with E-state index in [2.05, 4.69) is 15.9 Å². The molecule has 1 aliphatic heterocycles. The van der Waals surface area contributed by atoms with E-state index < -0.39 is 5.97 Å². The van der Waals surface area contributed by atoms with Crippen molar-refractivity contribution in [1.82, 2.24) is 4.90 Å². The van der Waals surface area contributed by atoms with Crippen molar-refractivity contribution in [3.8, 4) is 11.5 Å². The lowest BCUT2D eigenvalue weighted by Crippen LogP contribution is -2.28. The second-order valence-electron chi connectivity index (χ2n) is 8.57. The van der Waals surface area contributed by atoms with Gasteiger partial charge in [-0.15, -0.1) is 0 Å². The number of rotatable bonds is 10. The highest BCUT2D eigenvalue weighted by Gasteiger charge is 2.33. The minimum atomic E-state index is -0.468. The molecule has 1 aliphatic rings. The fourth-order valence-corrected chi connectivity index (χ4v) is 5.36. The first-order valence-electron chi connectivity index (χ1n) is 12.5. The summed E-state index contributed by atoms with van der Waals surface area (Å²) in [6.45, 7) is 6.46. The van der Waals surface area contributed by atoms with Crippen molar-refractivity contribution >= 4 is 56.5 Å². The van der Waals surface area contributed by atoms with Crippen molar-refractivity contribution in [2.75, 3.05) is 19.8 Å². The number of nitrogens with zero attached hydrogens (tertiary/aromatic N) is 2. The van der Waals surface area contributed by atoms with Crippen LogP contribution in [0.3, 0.4) is 0 Å². The number of aryl methyl sites for hydroxylation is 1. The summed E-state index contributed by atoms with van der Waals surface area (Å²) in [7, 11) is 0. The average Bonchev–Trinajstić information content (AvgIpc) is 3.19. The summed E-state index contributed by atoms with van der Waals surface area (Å²) in [5, 5.41) is 0.609. The van der Waals surface area contributed by atoms with Crippen LogP contribution in [-0.2, 0) is 20.9 Å². The number of esters is 1. The summed E-state index contributed by atoms with van der Waals surface area (Å²) < 4.78 is 17.0. The minimum Gasteiger partial charge on any atom is -0.490 e. The van der Waals surface area contributed by atoms with Crippen molar-refractivity contribution in [2.45, 2.75) is 27.3 Å². The molecule has 3 aromatic carbocycles. The van der Waals surface area contributed by atoms with Crippen molar-refractivity contribution in [1.29, 1.82) is 0 Å². The zero-order valence-corrected chi connectivity index (χ0v) is 24.4. The van der Waals surface area contributed by atoms with Gasteiger partial charge < -0.3 is 14.2 Å². The van der Waals surface area contributed by atoms with Crippen LogP contribution >= 0.6 is 27.7 Å². The Morgan fingerprint density at radius 3 is 2.46 bits per heavy atom. The number of hydrogen-bond donors (Lipinski definition) is 0. The maximum Gasteiger partial charge on any atom is 0.344 e. The zero-order chi connectivity index (χ0) is 27.8. The molecular formula is C30H29BrN2O5S. The van der Waals surface area contributed by atoms with E-state index in [0.717, 1.165) is 22.4 Å². The molecule has 1 heterocycles. The Morgan fingerprint density at radius 2 is 1.77 bits per heavy atom. The number of hydrogen-bond acceptors (Lipinski definition) is 7. The minimum absolute atomic E-state index is 0.133. The van der Waals surface area contributed by atoms with Gasteiger partial charge in [0.1, 0.15) is 0 Å². The van der Waals surface area contributed by atoms with Crippen LogP contribution < -0.4 is 9.47 Å². The van der Waals surface area contributed by atoms with Gasteiger partial charge in [-0.1, -0.05) is 48.0 Å². The third-order valence-electron chi connectivity index (χ3n) is 5.60. The van der Waals surface area contributed by atoms with Crippen molar-refractivity contribution in [3.63, 3.8) is 0 Å². The largest absolute Gasteiger partial charge is 0.490 e. The van der Waals surface area contributed by atoms with Gasteiger partial charge in [0.25, 0.3) is 5.91 Å². The van der Waals surface area contributed by atoms with Gasteiger partial charge >= 0.3 is 5.97 Å². The fraction of sp³-hybridized carbons (Fsp3) is 0.233. The molecule has 0 atom stereocenters. The van der Waals surface area contributed by atoms with Gasteiger partial charge in [-0.2, -0.15) is 0 Å². The van der Waals surface area contributed by atoms with E-state index in [4.69, 9.17) is 19.2 Å². The van der Waals surface area contributed by atoms with E-state index >= 15 is 0 Å². The predicted molar refractivity (Wildman–Crippen MR) is 158 cm³/mol. The lowest BCUT2D eigenvalue weighted by Gasteiger charge is -2.16. The fourth-order valence-electron chi connectivity index (χ4n) is 3.79. The number of halogens is 1. The first-order valence-corrected chi connectivity index (χ1v) is 14.1. The summed E-state index contributed by atoms with van der Waals surface area (Å²) in [5.74, 6) is 0.245. The molecule has 1 amide bonds. The molecule has 0 unspecified atom stereocenters. The van der Waals surface area contributed by atoms with Crippen LogP contribution in [0.25, 0.3) is 6.08 Å². The maximum absolute atomic E-state index is 13.6. The number of aliphatic imine (C=N–C) groups is 1. The number of carbonyl (C=O) groups excluding carboxylic acids is 2. The van der Waals surface area contributed by atoms with E-state index in [-0.39, 0.29) is 19.1 Å². The number of benzene rings is 3. The molecule has 1 saturated heterocycles. The molecular weight excluding hydrogens is 580 g/mol. The molecule has 0 bridgehead atoms. The van der Waals surface area contributed by atoms with Crippen LogP contribution in [0.4, 0.5) is 5.69 Å². The first kappa shape index (κ1) is 28.4. The van der Waals surface area contributed by atoms with Gasteiger partial charge in [-0.25, -0.2) is 9.79 Å². The highest BCUT2D eigenvalue weighted by Crippen LogP contribution is 2.40. The lowest BCUT2D eigenvalue weighted by atomic mass is 10.1. The number of thioether (sulfide) groups is 1. The van der Waals surface area contributed by atoms with Crippen LogP contribution in [0, 0.1) is 6.92 Å². The predicted octanol–water partition coefficient (Wildman–Crippen LogP) is 6.90. The van der Waals surface area contributed by atoms with Crippen LogP contribution in [-0.4, -0.2) is 41.8 Å². The third-order valence-corrected chi connectivity index (χ3v) is 7.20. The van der Waals surface area contributed by atoms with Gasteiger partial charge in [0.15, 0.2) is 23.3 Å². The van der Waals surface area contributed by atoms with E-state index in [9.17, 15) is 9.59 Å². The molecule has 0 N–H and O–H groups in total. The quantitative estimate of drug-likeness (QED) is 0.184. The van der Waals surface area contributed by atoms with E-state index in [1.165, 1.54) is 11.8 Å². The molecule has 7 nitrogen and oxygen atoms in total. The third kappa shape index (κ3) is 7.52. The highest BCUT2D eigenvalue weighted by atomic mass is 79.9. The van der Waals surface area contributed by atoms with Crippen LogP contribution in [0.2, 0.25) is 0 Å². The normalized spacial score (nSPS) is 15.2. The molecule has 4 rings (SSSR count). The summed E-state index contributed by atoms with van der Waals surface area (Å²) in [5.41, 5.74) is 3.66. The van der Waals surface area contributed by atoms with Gasteiger partial charge in [-0.05, 0) is 89.9 Å². The SMILES string of the molecule is CCOC(=O)COc1c(Br)cc(/C=C2/SC(=Nc3ccc(C)cc3)N(Cc3ccccc3)C2=O)cc1OCC. The number of amidine groups is 1. The Morgan fingerprint density at radius 1 is 1.03 bits per heavy atom. The van der Waals surface area contributed by atoms with Gasteiger partial charge in [0.05, 0.1) is 34.8 Å². The molecule has 0 aromatic heterocycles. The Hall–Kier alpha value is -3.56. The Bertz CT molecular complexity index is 1390. The van der Waals surface area contributed by atoms with Gasteiger partial charge in [-0.3, -0.25) is 9.69 Å². The number of amides is 1. The Labute approximate surface area is 241 Å². The summed E-state index contributed by atoms with van der Waals surface area (Å²) in [4.78, 5) is 32.4. The number of carbonyl (C=O) groups is 2. The lowest BCUT2D eigenvalue weighted by molar-refractivity contribution is -0.145. The highest BCUT2D eigenvalue weighted by molar-refractivity contribution is 9.10. The first-order chi connectivity index (χ1) is 18.9. The molecule has 0 aliphatic carbocycles. The summed E-state index contributed by atoms with van der Waals surface area (Å²) in [6.07, 6.45) is 1.81. The average molecular weight is 610 g/mol. The monoisotopic (exact) mass is 608 g/mol. The summed E-state index contributed by atoms with van der Waals surface area (Å²) >= 11 is 4.86. The van der Waals surface area contributed by atoms with E-state index in [1.54, 1.807) is 17.9 Å². The molecule has 0 spiro atoms. The maximum atomic E-state index is 13.6. The van der Waals surface area contributed by atoms with Crippen molar-refractivity contribution < 1.29 is 23.8 Å². The van der Waals surface area contributed by atoms with Crippen molar-refractivity contribution in [3.05, 3.63) is 92.8 Å². The zero-order valence-electron chi connectivity index (χ0n) is 22.0. The topological polar surface area (TPSA) is 77.4 Å². The standard InChI is InChI=1S/C30H29BrN2O5S/c1-4-36-25-16-22(15-24(31)28(25)38-19-27(34)37-5-2)17-26-29(35)33(18-21-9-7-6-8-10-21)30(39-26)32-23-13-11-20(3)12-14-23/h6-17H,4-5,18-19H2,1-3H3/b26-17+,32-30?. The second kappa shape index (κ2) is 13.5. The van der Waals surface area contributed by atoms with Crippen LogP contribution in [0.1, 0.15) is 30.5 Å². The smallest absolute Gasteiger partial charge is 0.344 e. The van der Waals surface area contributed by atoms with Gasteiger partial charge in [0, 0.05) is 0 Å². The van der Waals surface area contributed by atoms with Crippen molar-refractivity contribution in [2.24, 2.45) is 4.99 Å². The molecule has 0 saturated carbocycles. The van der Waals surface area contributed by atoms with E-state index in [1.807, 2.05) is 80.6 Å². The molecule has 9 heteroatoms. The van der Waals surface area contributed by atoms with E-state index in [0.29, 0.717) is 39.2 Å². The second-order valence-corrected chi connectivity index (χ2v) is 10.4. The van der Waals surface area contributed by atoms with Crippen LogP contribution in [0.5, 0.6) is 11.5 Å². The van der Waals surface area contributed by atoms with Gasteiger partial charge in [0.2, 0.25) is 0 Å². The summed E-state index contributed by atoms with van der Waals surface area (Å²) in [6, 6.07) is 21.3. The molecule has 3 aromatic rings. The molecule has 1 fully saturated rings. The van der Waals surface area contributed by atoms with Crippen LogP contribution in [0.15, 0.2) is 81.1 Å². The molecule has 0 radical (unpaired) electrons. The molecule has 39 heavy (non-hydrogen) atoms. The molecule has 202 valence electrons. The number of ether oxygens (including phenoxy) is 3. The Kier molecular flexibility index (Phi) is 9.84.